The van der Waals surface area contributed by atoms with E-state index in [1.165, 1.54) is 14.0 Å². The number of nitrogens with zero attached hydrogens (tertiary/aromatic N) is 3. The number of nitrogen functional groups attached to an aromatic ring is 1. The lowest BCUT2D eigenvalue weighted by Crippen LogP contribution is -2.35. The molecule has 1 amide bonds. The Hall–Kier alpha value is -4.63. The van der Waals surface area contributed by atoms with Crippen LogP contribution in [-0.2, 0) is 9.53 Å². The zero-order valence-corrected chi connectivity index (χ0v) is 21.9. The van der Waals surface area contributed by atoms with Gasteiger partial charge >= 0.3 is 5.97 Å². The number of hydrogen-bond donors (Lipinski definition) is 3. The van der Waals surface area contributed by atoms with E-state index in [0.29, 0.717) is 57.9 Å². The summed E-state index contributed by atoms with van der Waals surface area (Å²) in [5, 5.41) is 11.6. The SMILES string of the molecule is COC(=O)c1ccc2c(C(=Nc3ccc(N(CCN(C)C)C(C)=O)c(N)c3)c3ccccc3)c(O)[nH]c2c1. The summed E-state index contributed by atoms with van der Waals surface area (Å²) in [6, 6.07) is 19.8. The molecule has 0 saturated carbocycles. The van der Waals surface area contributed by atoms with Gasteiger partial charge in [-0.15, -0.1) is 0 Å². The summed E-state index contributed by atoms with van der Waals surface area (Å²) < 4.78 is 4.82. The molecule has 0 aliphatic carbocycles. The minimum Gasteiger partial charge on any atom is -0.494 e. The maximum atomic E-state index is 12.3. The van der Waals surface area contributed by atoms with Crippen molar-refractivity contribution in [2.75, 3.05) is 44.9 Å². The number of carbonyl (C=O) groups excluding carboxylic acids is 2. The number of nitrogens with two attached hydrogens (primary N) is 1. The Labute approximate surface area is 221 Å². The lowest BCUT2D eigenvalue weighted by atomic mass is 10.00. The molecule has 4 rings (SSSR count). The summed E-state index contributed by atoms with van der Waals surface area (Å²) in [6.45, 7) is 2.70. The highest BCUT2D eigenvalue weighted by Gasteiger charge is 2.21. The number of nitrogens with one attached hydrogen (secondary N) is 1. The van der Waals surface area contributed by atoms with Gasteiger partial charge in [0.25, 0.3) is 0 Å². The van der Waals surface area contributed by atoms with Crippen molar-refractivity contribution in [1.82, 2.24) is 9.88 Å². The van der Waals surface area contributed by atoms with Crippen molar-refractivity contribution < 1.29 is 19.4 Å². The molecule has 3 aromatic carbocycles. The van der Waals surface area contributed by atoms with E-state index in [-0.39, 0.29) is 11.8 Å². The molecule has 4 N–H and O–H groups in total. The maximum Gasteiger partial charge on any atom is 0.337 e. The van der Waals surface area contributed by atoms with Crippen LogP contribution in [0.3, 0.4) is 0 Å². The van der Waals surface area contributed by atoms with E-state index in [4.69, 9.17) is 15.5 Å². The summed E-state index contributed by atoms with van der Waals surface area (Å²) in [5.41, 5.74) is 10.7. The van der Waals surface area contributed by atoms with Gasteiger partial charge in [-0.1, -0.05) is 36.4 Å². The number of esters is 1. The first-order valence-electron chi connectivity index (χ1n) is 12.1. The quantitative estimate of drug-likeness (QED) is 0.183. The number of fused-ring (bicyclic) bond motifs is 1. The Kier molecular flexibility index (Phi) is 7.78. The second-order valence-corrected chi connectivity index (χ2v) is 9.14. The normalized spacial score (nSPS) is 11.7. The predicted octanol–water partition coefficient (Wildman–Crippen LogP) is 4.33. The predicted molar refractivity (Wildman–Crippen MR) is 150 cm³/mol. The van der Waals surface area contributed by atoms with Crippen molar-refractivity contribution in [2.24, 2.45) is 4.99 Å². The molecule has 9 nitrogen and oxygen atoms in total. The number of aromatic nitrogens is 1. The first-order valence-corrected chi connectivity index (χ1v) is 12.1. The highest BCUT2D eigenvalue weighted by molar-refractivity contribution is 6.22. The van der Waals surface area contributed by atoms with Crippen LogP contribution in [0, 0.1) is 0 Å². The van der Waals surface area contributed by atoms with Gasteiger partial charge in [0.2, 0.25) is 5.91 Å². The van der Waals surface area contributed by atoms with Crippen molar-refractivity contribution in [2.45, 2.75) is 6.92 Å². The number of anilines is 2. The van der Waals surface area contributed by atoms with Crippen molar-refractivity contribution in [3.05, 3.63) is 83.4 Å². The van der Waals surface area contributed by atoms with Crippen LogP contribution in [0.2, 0.25) is 0 Å². The number of methoxy groups -OCH3 is 1. The van der Waals surface area contributed by atoms with Crippen LogP contribution in [0.15, 0.2) is 71.7 Å². The molecule has 9 heteroatoms. The Bertz CT molecular complexity index is 1510. The third-order valence-corrected chi connectivity index (χ3v) is 6.18. The number of aliphatic imine (C=N–C) groups is 1. The molecule has 0 aliphatic heterocycles. The fourth-order valence-electron chi connectivity index (χ4n) is 4.26. The smallest absolute Gasteiger partial charge is 0.337 e. The molecule has 0 aliphatic rings. The second kappa shape index (κ2) is 11.2. The van der Waals surface area contributed by atoms with Gasteiger partial charge in [0.05, 0.1) is 41.0 Å². The van der Waals surface area contributed by atoms with E-state index >= 15 is 0 Å². The monoisotopic (exact) mass is 513 g/mol. The average molecular weight is 514 g/mol. The molecule has 4 aromatic rings. The Morgan fingerprint density at radius 1 is 1.00 bits per heavy atom. The standard InChI is InChI=1S/C29H31N5O4/c1-18(35)34(15-14-33(2)3)25-13-11-21(17-23(25)30)31-27(19-8-6-5-7-9-19)26-22-12-10-20(29(37)38-4)16-24(22)32-28(26)36/h5-13,16-17,32,36H,14-15,30H2,1-4H3. The van der Waals surface area contributed by atoms with Crippen LogP contribution in [0.25, 0.3) is 10.9 Å². The largest absolute Gasteiger partial charge is 0.494 e. The number of aromatic amines is 1. The molecule has 1 aromatic heterocycles. The number of hydrogen-bond acceptors (Lipinski definition) is 7. The van der Waals surface area contributed by atoms with E-state index in [0.717, 1.165) is 5.56 Å². The lowest BCUT2D eigenvalue weighted by Gasteiger charge is -2.24. The molecular weight excluding hydrogens is 482 g/mol. The van der Waals surface area contributed by atoms with E-state index in [1.54, 1.807) is 41.3 Å². The van der Waals surface area contributed by atoms with Gasteiger partial charge in [-0.2, -0.15) is 0 Å². The number of rotatable bonds is 8. The lowest BCUT2D eigenvalue weighted by molar-refractivity contribution is -0.116. The first-order chi connectivity index (χ1) is 18.2. The zero-order valence-electron chi connectivity index (χ0n) is 21.9. The summed E-state index contributed by atoms with van der Waals surface area (Å²) in [7, 11) is 5.21. The number of amides is 1. The van der Waals surface area contributed by atoms with Crippen molar-refractivity contribution >= 4 is 45.6 Å². The van der Waals surface area contributed by atoms with Crippen LogP contribution < -0.4 is 10.6 Å². The summed E-state index contributed by atoms with van der Waals surface area (Å²) >= 11 is 0. The zero-order chi connectivity index (χ0) is 27.4. The number of ether oxygens (including phenoxy) is 1. The van der Waals surface area contributed by atoms with Crippen LogP contribution in [0.1, 0.15) is 28.4 Å². The van der Waals surface area contributed by atoms with Gasteiger partial charge in [-0.25, -0.2) is 9.79 Å². The Balaban J connectivity index is 1.82. The molecule has 1 heterocycles. The topological polar surface area (TPSA) is 124 Å². The Morgan fingerprint density at radius 3 is 2.37 bits per heavy atom. The third kappa shape index (κ3) is 5.52. The average Bonchev–Trinajstić information content (AvgIpc) is 3.22. The molecule has 0 saturated heterocycles. The van der Waals surface area contributed by atoms with Gasteiger partial charge in [-0.05, 0) is 44.4 Å². The number of benzene rings is 3. The van der Waals surface area contributed by atoms with Crippen LogP contribution in [0.5, 0.6) is 5.88 Å². The minimum absolute atomic E-state index is 0.0827. The summed E-state index contributed by atoms with van der Waals surface area (Å²) in [4.78, 5) is 35.8. The Morgan fingerprint density at radius 2 is 1.74 bits per heavy atom. The first kappa shape index (κ1) is 26.4. The molecule has 0 atom stereocenters. The molecule has 38 heavy (non-hydrogen) atoms. The fraction of sp³-hybridized carbons (Fsp3) is 0.207. The molecule has 0 unspecified atom stereocenters. The van der Waals surface area contributed by atoms with Gasteiger partial charge in [0.15, 0.2) is 5.88 Å². The summed E-state index contributed by atoms with van der Waals surface area (Å²) in [5.74, 6) is -0.657. The fourth-order valence-corrected chi connectivity index (χ4v) is 4.26. The van der Waals surface area contributed by atoms with E-state index in [9.17, 15) is 14.7 Å². The highest BCUT2D eigenvalue weighted by Crippen LogP contribution is 2.34. The number of carbonyl (C=O) groups is 2. The van der Waals surface area contributed by atoms with Crippen molar-refractivity contribution in [3.8, 4) is 5.88 Å². The van der Waals surface area contributed by atoms with Crippen LogP contribution in [0.4, 0.5) is 17.1 Å². The third-order valence-electron chi connectivity index (χ3n) is 6.18. The second-order valence-electron chi connectivity index (χ2n) is 9.14. The molecular formula is C29H31N5O4. The van der Waals surface area contributed by atoms with Gasteiger partial charge < -0.3 is 30.4 Å². The van der Waals surface area contributed by atoms with E-state index in [1.807, 2.05) is 49.3 Å². The number of likely N-dealkylation sites (N-methyl/N-ethyl adjacent to an activating group) is 1. The molecule has 0 bridgehead atoms. The summed E-state index contributed by atoms with van der Waals surface area (Å²) in [6.07, 6.45) is 0. The number of H-pyrrole nitrogens is 1. The van der Waals surface area contributed by atoms with Crippen LogP contribution >= 0.6 is 0 Å². The van der Waals surface area contributed by atoms with Crippen molar-refractivity contribution in [1.29, 1.82) is 0 Å². The minimum atomic E-state index is -0.472. The van der Waals surface area contributed by atoms with E-state index < -0.39 is 5.97 Å². The van der Waals surface area contributed by atoms with Gasteiger partial charge in [0, 0.05) is 36.5 Å². The molecule has 0 fully saturated rings. The van der Waals surface area contributed by atoms with Gasteiger partial charge in [0.1, 0.15) is 0 Å². The van der Waals surface area contributed by atoms with Gasteiger partial charge in [-0.3, -0.25) is 4.79 Å². The molecule has 0 spiro atoms. The highest BCUT2D eigenvalue weighted by atomic mass is 16.5. The van der Waals surface area contributed by atoms with Crippen LogP contribution in [-0.4, -0.2) is 66.9 Å². The molecule has 0 radical (unpaired) electrons. The van der Waals surface area contributed by atoms with E-state index in [2.05, 4.69) is 4.98 Å². The maximum absolute atomic E-state index is 12.3. The molecule has 196 valence electrons. The number of aromatic hydroxyl groups is 1. The van der Waals surface area contributed by atoms with Crippen molar-refractivity contribution in [3.63, 3.8) is 0 Å².